The van der Waals surface area contributed by atoms with Gasteiger partial charge in [-0.05, 0) is 55.0 Å². The largest absolute Gasteiger partial charge is 0.495 e. The summed E-state index contributed by atoms with van der Waals surface area (Å²) in [6.07, 6.45) is 5.57. The van der Waals surface area contributed by atoms with Crippen LogP contribution in [0.25, 0.3) is 22.0 Å². The summed E-state index contributed by atoms with van der Waals surface area (Å²) >= 11 is 0. The van der Waals surface area contributed by atoms with Crippen molar-refractivity contribution in [1.82, 2.24) is 15.0 Å². The van der Waals surface area contributed by atoms with Crippen molar-refractivity contribution in [3.63, 3.8) is 0 Å². The molecule has 9 heteroatoms. The molecule has 0 radical (unpaired) electrons. The number of nitrogens with two attached hydrogens (primary N) is 1. The number of methoxy groups -OCH3 is 1. The normalized spacial score (nSPS) is 14.7. The fourth-order valence-corrected chi connectivity index (χ4v) is 4.53. The van der Waals surface area contributed by atoms with Gasteiger partial charge in [-0.2, -0.15) is 0 Å². The lowest BCUT2D eigenvalue weighted by atomic mass is 9.98. The average molecular weight is 473 g/mol. The zero-order valence-electron chi connectivity index (χ0n) is 19.5. The predicted octanol–water partition coefficient (Wildman–Crippen LogP) is 5.16. The van der Waals surface area contributed by atoms with Gasteiger partial charge in [0, 0.05) is 35.5 Å². The van der Waals surface area contributed by atoms with Crippen LogP contribution in [-0.4, -0.2) is 35.2 Å². The Labute approximate surface area is 201 Å². The van der Waals surface area contributed by atoms with Crippen LogP contribution in [0, 0.1) is 12.7 Å². The van der Waals surface area contributed by atoms with Crippen LogP contribution in [0.3, 0.4) is 0 Å². The van der Waals surface area contributed by atoms with E-state index in [0.29, 0.717) is 52.9 Å². The standard InChI is InChI=1S/C26H25FN6O2/c1-13-17(11-30-25-24(13)29-7-8-35-25)16-10-20-18(23(28)22(16)27)12-31-26(33-20)32-19-6-5-15(14-3-4-14)9-21(19)34-2/h5-6,9-12,14,29H,3-4,7-8,28H2,1-2H3,(H,31,32,33). The van der Waals surface area contributed by atoms with Crippen molar-refractivity contribution in [3.05, 3.63) is 53.6 Å². The monoisotopic (exact) mass is 472 g/mol. The first kappa shape index (κ1) is 21.4. The summed E-state index contributed by atoms with van der Waals surface area (Å²) in [6, 6.07) is 7.80. The molecule has 178 valence electrons. The van der Waals surface area contributed by atoms with Gasteiger partial charge in [0.1, 0.15) is 18.0 Å². The molecule has 0 unspecified atom stereocenters. The molecule has 1 aliphatic heterocycles. The summed E-state index contributed by atoms with van der Waals surface area (Å²) in [7, 11) is 1.64. The van der Waals surface area contributed by atoms with E-state index < -0.39 is 5.82 Å². The van der Waals surface area contributed by atoms with Gasteiger partial charge in [-0.15, -0.1) is 0 Å². The molecule has 2 aromatic heterocycles. The summed E-state index contributed by atoms with van der Waals surface area (Å²) in [5.74, 6) is 1.70. The van der Waals surface area contributed by atoms with E-state index in [2.05, 4.69) is 37.7 Å². The molecule has 1 saturated carbocycles. The number of hydrogen-bond acceptors (Lipinski definition) is 8. The van der Waals surface area contributed by atoms with E-state index in [9.17, 15) is 0 Å². The third-order valence-electron chi connectivity index (χ3n) is 6.62. The molecule has 8 nitrogen and oxygen atoms in total. The molecule has 0 amide bonds. The maximum Gasteiger partial charge on any atom is 0.237 e. The van der Waals surface area contributed by atoms with Crippen molar-refractivity contribution in [2.24, 2.45) is 0 Å². The molecule has 35 heavy (non-hydrogen) atoms. The molecule has 2 aromatic carbocycles. The molecule has 0 bridgehead atoms. The molecule has 6 rings (SSSR count). The fraction of sp³-hybridized carbons (Fsp3) is 0.269. The maximum absolute atomic E-state index is 15.4. The molecule has 4 N–H and O–H groups in total. The first-order chi connectivity index (χ1) is 17.0. The Bertz CT molecular complexity index is 1470. The molecule has 1 fully saturated rings. The molecule has 0 spiro atoms. The number of benzene rings is 2. The Hall–Kier alpha value is -4.14. The number of ether oxygens (including phenoxy) is 2. The number of halogens is 1. The molecule has 0 atom stereocenters. The lowest BCUT2D eigenvalue weighted by Gasteiger charge is -2.22. The Kier molecular flexibility index (Phi) is 5.05. The van der Waals surface area contributed by atoms with Gasteiger partial charge < -0.3 is 25.8 Å². The summed E-state index contributed by atoms with van der Waals surface area (Å²) in [5, 5.41) is 6.96. The average Bonchev–Trinajstić information content (AvgIpc) is 3.73. The highest BCUT2D eigenvalue weighted by Crippen LogP contribution is 2.43. The van der Waals surface area contributed by atoms with Crippen LogP contribution in [0.4, 0.5) is 27.4 Å². The first-order valence-corrected chi connectivity index (χ1v) is 11.6. The quantitative estimate of drug-likeness (QED) is 0.342. The van der Waals surface area contributed by atoms with Gasteiger partial charge in [-0.1, -0.05) is 6.07 Å². The minimum atomic E-state index is -0.527. The third kappa shape index (κ3) is 3.73. The van der Waals surface area contributed by atoms with Crippen LogP contribution < -0.4 is 25.8 Å². The van der Waals surface area contributed by atoms with E-state index in [0.717, 1.165) is 22.7 Å². The van der Waals surface area contributed by atoms with Gasteiger partial charge >= 0.3 is 0 Å². The molecular weight excluding hydrogens is 447 g/mol. The van der Waals surface area contributed by atoms with Gasteiger partial charge in [-0.3, -0.25) is 0 Å². The van der Waals surface area contributed by atoms with Crippen LogP contribution in [0.1, 0.15) is 29.9 Å². The van der Waals surface area contributed by atoms with E-state index >= 15 is 4.39 Å². The Morgan fingerprint density at radius 1 is 1.17 bits per heavy atom. The van der Waals surface area contributed by atoms with Crippen molar-refractivity contribution in [3.8, 4) is 22.8 Å². The highest BCUT2D eigenvalue weighted by Gasteiger charge is 2.25. The van der Waals surface area contributed by atoms with Gasteiger partial charge in [0.25, 0.3) is 0 Å². The second-order valence-corrected chi connectivity index (χ2v) is 8.89. The van der Waals surface area contributed by atoms with Crippen LogP contribution >= 0.6 is 0 Å². The van der Waals surface area contributed by atoms with Gasteiger partial charge in [0.05, 0.1) is 24.0 Å². The van der Waals surface area contributed by atoms with Gasteiger partial charge in [0.15, 0.2) is 5.82 Å². The van der Waals surface area contributed by atoms with Crippen molar-refractivity contribution in [2.45, 2.75) is 25.7 Å². The Morgan fingerprint density at radius 2 is 2.03 bits per heavy atom. The van der Waals surface area contributed by atoms with Crippen LogP contribution in [-0.2, 0) is 0 Å². The summed E-state index contributed by atoms with van der Waals surface area (Å²) in [4.78, 5) is 13.4. The number of pyridine rings is 1. The predicted molar refractivity (Wildman–Crippen MR) is 134 cm³/mol. The Morgan fingerprint density at radius 3 is 2.83 bits per heavy atom. The zero-order chi connectivity index (χ0) is 24.1. The number of rotatable bonds is 5. The molecule has 1 aliphatic carbocycles. The molecular formula is C26H25FN6O2. The number of nitrogens with one attached hydrogen (secondary N) is 2. The van der Waals surface area contributed by atoms with E-state index in [1.807, 2.05) is 13.0 Å². The van der Waals surface area contributed by atoms with E-state index in [1.54, 1.807) is 19.4 Å². The number of aromatic nitrogens is 3. The minimum absolute atomic E-state index is 0.00301. The highest BCUT2D eigenvalue weighted by molar-refractivity contribution is 5.96. The van der Waals surface area contributed by atoms with Crippen LogP contribution in [0.15, 0.2) is 36.7 Å². The summed E-state index contributed by atoms with van der Waals surface area (Å²) in [5.41, 5.74) is 11.3. The topological polar surface area (TPSA) is 107 Å². The lowest BCUT2D eigenvalue weighted by molar-refractivity contribution is 0.310. The van der Waals surface area contributed by atoms with E-state index in [1.165, 1.54) is 24.6 Å². The van der Waals surface area contributed by atoms with Crippen molar-refractivity contribution < 1.29 is 13.9 Å². The second-order valence-electron chi connectivity index (χ2n) is 8.89. The van der Waals surface area contributed by atoms with Crippen molar-refractivity contribution in [1.29, 1.82) is 0 Å². The van der Waals surface area contributed by atoms with Gasteiger partial charge in [-0.25, -0.2) is 19.3 Å². The first-order valence-electron chi connectivity index (χ1n) is 11.6. The van der Waals surface area contributed by atoms with Gasteiger partial charge in [0.2, 0.25) is 11.8 Å². The SMILES string of the molecule is COc1cc(C2CC2)ccc1Nc1ncc2c(N)c(F)c(-c3cnc4c(c3C)NCCO4)cc2n1. The second kappa shape index (κ2) is 8.26. The van der Waals surface area contributed by atoms with Crippen molar-refractivity contribution >= 4 is 33.9 Å². The number of fused-ring (bicyclic) bond motifs is 2. The summed E-state index contributed by atoms with van der Waals surface area (Å²) < 4.78 is 26.6. The number of anilines is 4. The fourth-order valence-electron chi connectivity index (χ4n) is 4.53. The van der Waals surface area contributed by atoms with Crippen molar-refractivity contribution in [2.75, 3.05) is 36.6 Å². The summed E-state index contributed by atoms with van der Waals surface area (Å²) in [6.45, 7) is 3.10. The zero-order valence-corrected chi connectivity index (χ0v) is 19.5. The van der Waals surface area contributed by atoms with E-state index in [-0.39, 0.29) is 5.69 Å². The molecule has 3 heterocycles. The highest BCUT2D eigenvalue weighted by atomic mass is 19.1. The third-order valence-corrected chi connectivity index (χ3v) is 6.62. The number of nitrogen functional groups attached to an aromatic ring is 1. The molecule has 4 aromatic rings. The number of hydrogen-bond donors (Lipinski definition) is 3. The lowest BCUT2D eigenvalue weighted by Crippen LogP contribution is -2.20. The van der Waals surface area contributed by atoms with Crippen LogP contribution in [0.5, 0.6) is 11.6 Å². The van der Waals surface area contributed by atoms with E-state index in [4.69, 9.17) is 15.2 Å². The van der Waals surface area contributed by atoms with Crippen LogP contribution in [0.2, 0.25) is 0 Å². The molecule has 0 saturated heterocycles. The minimum Gasteiger partial charge on any atom is -0.495 e. The molecule has 2 aliphatic rings. The Balaban J connectivity index is 1.40. The maximum atomic E-state index is 15.4. The number of nitrogens with zero attached hydrogens (tertiary/aromatic N) is 3. The smallest absolute Gasteiger partial charge is 0.237 e.